The first kappa shape index (κ1) is 18.1. The third kappa shape index (κ3) is 4.26. The molecule has 8 heteroatoms. The van der Waals surface area contributed by atoms with E-state index >= 15 is 0 Å². The highest BCUT2D eigenvalue weighted by Gasteiger charge is 2.09. The molecule has 0 radical (unpaired) electrons. The Morgan fingerprint density at radius 2 is 1.96 bits per heavy atom. The van der Waals surface area contributed by atoms with Crippen molar-refractivity contribution < 1.29 is 9.59 Å². The lowest BCUT2D eigenvalue weighted by Crippen LogP contribution is -2.26. The van der Waals surface area contributed by atoms with Crippen molar-refractivity contribution >= 4 is 28.1 Å². The van der Waals surface area contributed by atoms with Crippen LogP contribution in [-0.4, -0.2) is 52.0 Å². The summed E-state index contributed by atoms with van der Waals surface area (Å²) in [5, 5.41) is 9.11. The smallest absolute Gasteiger partial charge is 0.253 e. The Bertz CT molecular complexity index is 898. The van der Waals surface area contributed by atoms with Crippen LogP contribution in [-0.2, 0) is 17.6 Å². The Balaban J connectivity index is 1.42. The predicted octanol–water partition coefficient (Wildman–Crippen LogP) is 1.78. The van der Waals surface area contributed by atoms with Gasteiger partial charge in [-0.25, -0.2) is 9.50 Å². The van der Waals surface area contributed by atoms with E-state index in [-0.39, 0.29) is 11.8 Å². The van der Waals surface area contributed by atoms with Crippen molar-refractivity contribution in [2.24, 2.45) is 0 Å². The van der Waals surface area contributed by atoms with E-state index in [1.54, 1.807) is 47.0 Å². The number of fused-ring (bicyclic) bond motifs is 1. The Morgan fingerprint density at radius 3 is 2.69 bits per heavy atom. The summed E-state index contributed by atoms with van der Waals surface area (Å²) in [5.74, 6) is -0.00674. The maximum atomic E-state index is 12.0. The minimum atomic E-state index is -0.0239. The van der Waals surface area contributed by atoms with Crippen LogP contribution in [0, 0.1) is 0 Å². The lowest BCUT2D eigenvalue weighted by Gasteiger charge is -2.10. The number of benzene rings is 1. The number of carbonyl (C=O) groups excluding carboxylic acids is 2. The number of aryl methyl sites for hydroxylation is 1. The highest BCUT2D eigenvalue weighted by molar-refractivity contribution is 7.15. The monoisotopic (exact) mass is 371 g/mol. The van der Waals surface area contributed by atoms with Gasteiger partial charge in [0.2, 0.25) is 10.9 Å². The van der Waals surface area contributed by atoms with E-state index in [1.165, 1.54) is 6.33 Å². The zero-order valence-corrected chi connectivity index (χ0v) is 15.6. The first-order valence-electron chi connectivity index (χ1n) is 8.38. The van der Waals surface area contributed by atoms with E-state index in [2.05, 4.69) is 15.4 Å². The van der Waals surface area contributed by atoms with Gasteiger partial charge in [-0.3, -0.25) is 9.59 Å². The standard InChI is InChI=1S/C18H21N5O2S/c1-22(2)17(25)14-6-3-13(4-7-14)5-8-16(24)19-10-9-15-11-26-18-20-12-21-23(15)18/h3-4,6-7,11-12H,5,8-10H2,1-2H3,(H,19,24). The van der Waals surface area contributed by atoms with Gasteiger partial charge >= 0.3 is 0 Å². The fraction of sp³-hybridized carbons (Fsp3) is 0.333. The zero-order chi connectivity index (χ0) is 18.5. The van der Waals surface area contributed by atoms with Gasteiger partial charge in [0.25, 0.3) is 5.91 Å². The number of carbonyl (C=O) groups is 2. The number of hydrogen-bond acceptors (Lipinski definition) is 5. The van der Waals surface area contributed by atoms with Crippen LogP contribution in [0.3, 0.4) is 0 Å². The average molecular weight is 371 g/mol. The molecule has 0 saturated heterocycles. The fourth-order valence-corrected chi connectivity index (χ4v) is 3.42. The second-order valence-corrected chi connectivity index (χ2v) is 7.01. The van der Waals surface area contributed by atoms with Crippen molar-refractivity contribution in [1.29, 1.82) is 0 Å². The van der Waals surface area contributed by atoms with Gasteiger partial charge in [0.15, 0.2) is 0 Å². The molecule has 0 atom stereocenters. The average Bonchev–Trinajstić information content (AvgIpc) is 3.24. The molecule has 136 valence electrons. The van der Waals surface area contributed by atoms with E-state index in [0.29, 0.717) is 24.9 Å². The van der Waals surface area contributed by atoms with Crippen LogP contribution in [0.25, 0.3) is 4.96 Å². The molecule has 0 bridgehead atoms. The summed E-state index contributed by atoms with van der Waals surface area (Å²) >= 11 is 1.54. The molecule has 0 unspecified atom stereocenters. The number of nitrogens with one attached hydrogen (secondary N) is 1. The highest BCUT2D eigenvalue weighted by Crippen LogP contribution is 2.13. The van der Waals surface area contributed by atoms with E-state index < -0.39 is 0 Å². The number of hydrogen-bond donors (Lipinski definition) is 1. The second kappa shape index (κ2) is 8.09. The van der Waals surface area contributed by atoms with Gasteiger partial charge in [0.1, 0.15) is 6.33 Å². The molecule has 26 heavy (non-hydrogen) atoms. The molecule has 0 aliphatic rings. The van der Waals surface area contributed by atoms with Gasteiger partial charge < -0.3 is 10.2 Å². The van der Waals surface area contributed by atoms with Crippen LogP contribution in [0.1, 0.15) is 28.0 Å². The Kier molecular flexibility index (Phi) is 5.62. The Hall–Kier alpha value is -2.74. The molecule has 0 fully saturated rings. The molecule has 2 amide bonds. The van der Waals surface area contributed by atoms with Gasteiger partial charge in [-0.05, 0) is 24.1 Å². The summed E-state index contributed by atoms with van der Waals surface area (Å²) in [6.07, 6.45) is 3.32. The maximum absolute atomic E-state index is 12.0. The number of aromatic nitrogens is 3. The van der Waals surface area contributed by atoms with E-state index in [4.69, 9.17) is 0 Å². The molecule has 0 aliphatic carbocycles. The molecule has 3 aromatic rings. The van der Waals surface area contributed by atoms with Crippen molar-refractivity contribution in [3.05, 3.63) is 52.8 Å². The normalized spacial score (nSPS) is 10.8. The summed E-state index contributed by atoms with van der Waals surface area (Å²) < 4.78 is 1.80. The van der Waals surface area contributed by atoms with Gasteiger partial charge in [-0.15, -0.1) is 11.3 Å². The maximum Gasteiger partial charge on any atom is 0.253 e. The number of amides is 2. The van der Waals surface area contributed by atoms with Crippen LogP contribution in [0.5, 0.6) is 0 Å². The molecule has 0 aliphatic heterocycles. The van der Waals surface area contributed by atoms with Gasteiger partial charge in [-0.1, -0.05) is 12.1 Å². The minimum Gasteiger partial charge on any atom is -0.356 e. The molecular formula is C18H21N5O2S. The molecular weight excluding hydrogens is 350 g/mol. The highest BCUT2D eigenvalue weighted by atomic mass is 32.1. The van der Waals surface area contributed by atoms with E-state index in [1.807, 2.05) is 17.5 Å². The summed E-state index contributed by atoms with van der Waals surface area (Å²) in [4.78, 5) is 30.4. The number of thiazole rings is 1. The van der Waals surface area contributed by atoms with Crippen LogP contribution < -0.4 is 5.32 Å². The lowest BCUT2D eigenvalue weighted by molar-refractivity contribution is -0.121. The van der Waals surface area contributed by atoms with E-state index in [0.717, 1.165) is 22.6 Å². The molecule has 2 aromatic heterocycles. The van der Waals surface area contributed by atoms with Crippen molar-refractivity contribution in [2.45, 2.75) is 19.3 Å². The SMILES string of the molecule is CN(C)C(=O)c1ccc(CCC(=O)NCCc2csc3ncnn23)cc1. The third-order valence-electron chi connectivity index (χ3n) is 4.04. The lowest BCUT2D eigenvalue weighted by atomic mass is 10.1. The second-order valence-electron chi connectivity index (χ2n) is 6.18. The van der Waals surface area contributed by atoms with Crippen LogP contribution in [0.2, 0.25) is 0 Å². The molecule has 0 saturated carbocycles. The van der Waals surface area contributed by atoms with Crippen molar-refractivity contribution in [2.75, 3.05) is 20.6 Å². The van der Waals surface area contributed by atoms with Gasteiger partial charge in [0, 0.05) is 44.4 Å². The molecule has 3 rings (SSSR count). The van der Waals surface area contributed by atoms with Crippen LogP contribution in [0.4, 0.5) is 0 Å². The van der Waals surface area contributed by atoms with Crippen molar-refractivity contribution in [3.63, 3.8) is 0 Å². The zero-order valence-electron chi connectivity index (χ0n) is 14.8. The van der Waals surface area contributed by atoms with Crippen LogP contribution in [0.15, 0.2) is 36.0 Å². The van der Waals surface area contributed by atoms with E-state index in [9.17, 15) is 9.59 Å². The summed E-state index contributed by atoms with van der Waals surface area (Å²) in [5.41, 5.74) is 2.74. The molecule has 1 N–H and O–H groups in total. The topological polar surface area (TPSA) is 79.6 Å². The Labute approximate surface area is 155 Å². The Morgan fingerprint density at radius 1 is 1.19 bits per heavy atom. The molecule has 1 aromatic carbocycles. The fourth-order valence-electron chi connectivity index (χ4n) is 2.59. The predicted molar refractivity (Wildman–Crippen MR) is 100 cm³/mol. The summed E-state index contributed by atoms with van der Waals surface area (Å²) in [7, 11) is 3.45. The van der Waals surface area contributed by atoms with Crippen LogP contribution >= 0.6 is 11.3 Å². The molecule has 2 heterocycles. The van der Waals surface area contributed by atoms with Crippen molar-refractivity contribution in [1.82, 2.24) is 24.8 Å². The molecule has 7 nitrogen and oxygen atoms in total. The quantitative estimate of drug-likeness (QED) is 0.687. The first-order valence-corrected chi connectivity index (χ1v) is 9.26. The third-order valence-corrected chi connectivity index (χ3v) is 4.92. The van der Waals surface area contributed by atoms with Gasteiger partial charge in [-0.2, -0.15) is 5.10 Å². The van der Waals surface area contributed by atoms with Crippen molar-refractivity contribution in [3.8, 4) is 0 Å². The molecule has 0 spiro atoms. The number of nitrogens with zero attached hydrogens (tertiary/aromatic N) is 4. The largest absolute Gasteiger partial charge is 0.356 e. The summed E-state index contributed by atoms with van der Waals surface area (Å²) in [6, 6.07) is 7.40. The summed E-state index contributed by atoms with van der Waals surface area (Å²) in [6.45, 7) is 0.570. The minimum absolute atomic E-state index is 0.0171. The first-order chi connectivity index (χ1) is 12.5. The number of rotatable bonds is 7. The van der Waals surface area contributed by atoms with Gasteiger partial charge in [0.05, 0.1) is 5.69 Å².